The van der Waals surface area contributed by atoms with Gasteiger partial charge in [-0.1, -0.05) is 6.07 Å². The van der Waals surface area contributed by atoms with E-state index in [-0.39, 0.29) is 31.2 Å². The Balaban J connectivity index is 0.00000256. The summed E-state index contributed by atoms with van der Waals surface area (Å²) >= 11 is 1.62. The van der Waals surface area contributed by atoms with Crippen LogP contribution in [0.15, 0.2) is 53.4 Å². The molecular formula is C20H23ClFN5O2S. The van der Waals surface area contributed by atoms with Crippen LogP contribution in [0.2, 0.25) is 0 Å². The maximum Gasteiger partial charge on any atom is 0.346 e. The first-order valence-electron chi connectivity index (χ1n) is 9.26. The van der Waals surface area contributed by atoms with Gasteiger partial charge in [-0.3, -0.25) is 4.57 Å². The Morgan fingerprint density at radius 2 is 2.20 bits per heavy atom. The van der Waals surface area contributed by atoms with E-state index >= 15 is 0 Å². The summed E-state index contributed by atoms with van der Waals surface area (Å²) in [6.45, 7) is 2.07. The summed E-state index contributed by atoms with van der Waals surface area (Å²) in [4.78, 5) is 16.8. The van der Waals surface area contributed by atoms with E-state index in [1.807, 2.05) is 12.1 Å². The number of nitrogens with zero attached hydrogens (tertiary/aromatic N) is 4. The number of hydrogen-bond donors (Lipinski definition) is 1. The van der Waals surface area contributed by atoms with Gasteiger partial charge in [-0.05, 0) is 35.4 Å². The number of ether oxygens (including phenoxy) is 1. The predicted octanol–water partition coefficient (Wildman–Crippen LogP) is 2.88. The Morgan fingerprint density at radius 3 is 2.97 bits per heavy atom. The third-order valence-electron chi connectivity index (χ3n) is 4.89. The van der Waals surface area contributed by atoms with E-state index in [9.17, 15) is 9.18 Å². The van der Waals surface area contributed by atoms with Crippen LogP contribution in [0.25, 0.3) is 10.4 Å². The molecule has 0 aliphatic carbocycles. The van der Waals surface area contributed by atoms with E-state index < -0.39 is 0 Å². The molecule has 3 heterocycles. The Labute approximate surface area is 183 Å². The lowest BCUT2D eigenvalue weighted by Gasteiger charge is -2.27. The molecule has 2 aromatic heterocycles. The second kappa shape index (κ2) is 9.46. The zero-order valence-electron chi connectivity index (χ0n) is 16.5. The fourth-order valence-corrected chi connectivity index (χ4v) is 4.22. The van der Waals surface area contributed by atoms with Crippen LogP contribution in [0.5, 0.6) is 5.75 Å². The predicted molar refractivity (Wildman–Crippen MR) is 120 cm³/mol. The highest BCUT2D eigenvalue weighted by atomic mass is 35.5. The van der Waals surface area contributed by atoms with Crippen molar-refractivity contribution >= 4 is 29.4 Å². The lowest BCUT2D eigenvalue weighted by molar-refractivity contribution is 0.311. The van der Waals surface area contributed by atoms with E-state index in [0.717, 1.165) is 33.3 Å². The number of aromatic nitrogens is 3. The number of halogens is 2. The van der Waals surface area contributed by atoms with E-state index in [1.165, 1.54) is 15.6 Å². The minimum Gasteiger partial charge on any atom is -0.490 e. The average Bonchev–Trinajstić information content (AvgIpc) is 3.34. The molecule has 4 rings (SSSR count). The van der Waals surface area contributed by atoms with Crippen LogP contribution in [0.4, 0.5) is 10.1 Å². The Morgan fingerprint density at radius 1 is 1.37 bits per heavy atom. The second-order valence-corrected chi connectivity index (χ2v) is 8.06. The van der Waals surface area contributed by atoms with E-state index in [0.29, 0.717) is 25.1 Å². The van der Waals surface area contributed by atoms with Crippen LogP contribution >= 0.6 is 23.7 Å². The monoisotopic (exact) mass is 451 g/mol. The third-order valence-corrected chi connectivity index (χ3v) is 6.01. The van der Waals surface area contributed by atoms with Gasteiger partial charge in [0.05, 0.1) is 31.7 Å². The lowest BCUT2D eigenvalue weighted by atomic mass is 10.1. The number of hydrogen-bond acceptors (Lipinski definition) is 6. The first-order valence-corrected chi connectivity index (χ1v) is 10.1. The Bertz CT molecular complexity index is 1110. The minimum absolute atomic E-state index is 0. The van der Waals surface area contributed by atoms with Crippen molar-refractivity contribution in [3.63, 3.8) is 0 Å². The molecule has 1 aliphatic heterocycles. The van der Waals surface area contributed by atoms with Crippen LogP contribution in [0, 0.1) is 0 Å². The SMILES string of the molecule is CN1CCOc2cc(-c3ccc(Cn4cnn(C/C(=C/F)CN)c4=O)s3)ccc21.Cl. The van der Waals surface area contributed by atoms with E-state index in [1.54, 1.807) is 11.3 Å². The summed E-state index contributed by atoms with van der Waals surface area (Å²) in [5, 5.41) is 4.06. The number of fused-ring (bicyclic) bond motifs is 1. The molecule has 0 amide bonds. The van der Waals surface area contributed by atoms with Crippen molar-refractivity contribution in [2.75, 3.05) is 31.6 Å². The summed E-state index contributed by atoms with van der Waals surface area (Å²) in [5.41, 5.74) is 7.65. The van der Waals surface area contributed by atoms with Crippen molar-refractivity contribution in [3.05, 3.63) is 63.9 Å². The Kier molecular flexibility index (Phi) is 6.96. The maximum atomic E-state index is 12.7. The lowest BCUT2D eigenvalue weighted by Crippen LogP contribution is -2.28. The van der Waals surface area contributed by atoms with Crippen LogP contribution in [-0.2, 0) is 13.1 Å². The van der Waals surface area contributed by atoms with Gasteiger partial charge in [-0.25, -0.2) is 13.9 Å². The van der Waals surface area contributed by atoms with Gasteiger partial charge >= 0.3 is 5.69 Å². The molecule has 0 saturated heterocycles. The third kappa shape index (κ3) is 4.43. The number of likely N-dealkylation sites (N-methyl/N-ethyl adjacent to an activating group) is 1. The molecule has 1 aromatic carbocycles. The highest BCUT2D eigenvalue weighted by molar-refractivity contribution is 7.15. The molecule has 7 nitrogen and oxygen atoms in total. The summed E-state index contributed by atoms with van der Waals surface area (Å²) in [5.74, 6) is 0.889. The largest absolute Gasteiger partial charge is 0.490 e. The van der Waals surface area contributed by atoms with Crippen molar-refractivity contribution < 1.29 is 9.13 Å². The average molecular weight is 452 g/mol. The van der Waals surface area contributed by atoms with Gasteiger partial charge < -0.3 is 15.4 Å². The fourth-order valence-electron chi connectivity index (χ4n) is 3.22. The standard InChI is InChI=1S/C20H22FN5O2S.ClH/c1-24-6-7-28-18-8-15(2-4-17(18)24)19-5-3-16(29-19)12-25-13-23-26(20(25)27)11-14(9-21)10-22;/h2-5,8-9,13H,6-7,10-12,22H2,1H3;1H/b14-9+;. The van der Waals surface area contributed by atoms with Gasteiger partial charge in [0.1, 0.15) is 18.7 Å². The number of rotatable bonds is 6. The summed E-state index contributed by atoms with van der Waals surface area (Å²) < 4.78 is 21.2. The molecule has 0 atom stereocenters. The molecule has 0 spiro atoms. The first kappa shape index (κ1) is 22.1. The van der Waals surface area contributed by atoms with Gasteiger partial charge in [0.2, 0.25) is 0 Å². The fraction of sp³-hybridized carbons (Fsp3) is 0.300. The number of thiophene rings is 1. The quantitative estimate of drug-likeness (QED) is 0.623. The molecular weight excluding hydrogens is 429 g/mol. The molecule has 1 aliphatic rings. The molecule has 0 unspecified atom stereocenters. The van der Waals surface area contributed by atoms with Gasteiger partial charge in [-0.15, -0.1) is 23.7 Å². The van der Waals surface area contributed by atoms with Gasteiger partial charge in [0.25, 0.3) is 0 Å². The van der Waals surface area contributed by atoms with Gasteiger partial charge in [0, 0.05) is 23.3 Å². The Hall–Kier alpha value is -2.62. The molecule has 0 radical (unpaired) electrons. The zero-order chi connectivity index (χ0) is 20.4. The molecule has 160 valence electrons. The van der Waals surface area contributed by atoms with Crippen molar-refractivity contribution in [1.29, 1.82) is 0 Å². The highest BCUT2D eigenvalue weighted by Crippen LogP contribution is 2.37. The molecule has 0 saturated carbocycles. The van der Waals surface area contributed by atoms with E-state index in [2.05, 4.69) is 35.2 Å². The molecule has 2 N–H and O–H groups in total. The summed E-state index contributed by atoms with van der Waals surface area (Å²) in [6, 6.07) is 10.3. The van der Waals surface area contributed by atoms with Crippen molar-refractivity contribution in [2.24, 2.45) is 5.73 Å². The smallest absolute Gasteiger partial charge is 0.346 e. The highest BCUT2D eigenvalue weighted by Gasteiger charge is 2.16. The maximum absolute atomic E-state index is 12.7. The van der Waals surface area contributed by atoms with Gasteiger partial charge in [-0.2, -0.15) is 5.10 Å². The van der Waals surface area contributed by atoms with Crippen molar-refractivity contribution in [2.45, 2.75) is 13.1 Å². The second-order valence-electron chi connectivity index (χ2n) is 6.89. The van der Waals surface area contributed by atoms with Crippen LogP contribution in [0.3, 0.4) is 0 Å². The van der Waals surface area contributed by atoms with Crippen LogP contribution < -0.4 is 21.1 Å². The molecule has 30 heavy (non-hydrogen) atoms. The topological polar surface area (TPSA) is 78.3 Å². The summed E-state index contributed by atoms with van der Waals surface area (Å²) in [6.07, 6.45) is 1.90. The van der Waals surface area contributed by atoms with Crippen molar-refractivity contribution in [1.82, 2.24) is 14.3 Å². The van der Waals surface area contributed by atoms with E-state index in [4.69, 9.17) is 10.5 Å². The molecule has 0 fully saturated rings. The molecule has 3 aromatic rings. The van der Waals surface area contributed by atoms with Crippen LogP contribution in [-0.4, -0.2) is 41.1 Å². The molecule has 0 bridgehead atoms. The minimum atomic E-state index is -0.294. The normalized spacial score (nSPS) is 13.6. The van der Waals surface area contributed by atoms with Crippen LogP contribution in [0.1, 0.15) is 4.88 Å². The number of benzene rings is 1. The van der Waals surface area contributed by atoms with Crippen molar-refractivity contribution in [3.8, 4) is 16.2 Å². The number of nitrogens with two attached hydrogens (primary N) is 1. The molecule has 10 heteroatoms. The van der Waals surface area contributed by atoms with Gasteiger partial charge in [0.15, 0.2) is 0 Å². The summed E-state index contributed by atoms with van der Waals surface area (Å²) in [7, 11) is 2.06. The first-order chi connectivity index (χ1) is 14.1. The number of anilines is 1. The zero-order valence-corrected chi connectivity index (χ0v) is 18.1.